The van der Waals surface area contributed by atoms with Gasteiger partial charge in [-0.3, -0.25) is 4.79 Å². The number of hydrogen-bond acceptors (Lipinski definition) is 4. The van der Waals surface area contributed by atoms with Gasteiger partial charge in [-0.05, 0) is 6.92 Å². The van der Waals surface area contributed by atoms with Gasteiger partial charge in [0.25, 0.3) is 0 Å². The third-order valence-corrected chi connectivity index (χ3v) is 2.71. The SMILES string of the molecule is Cc1cc(CC(=O)N(C)C2CNC2)no1. The van der Waals surface area contributed by atoms with Gasteiger partial charge in [0.1, 0.15) is 5.76 Å². The first-order chi connectivity index (χ1) is 7.16. The molecule has 1 aliphatic rings. The molecule has 1 amide bonds. The molecule has 2 rings (SSSR count). The minimum Gasteiger partial charge on any atom is -0.361 e. The summed E-state index contributed by atoms with van der Waals surface area (Å²) in [6.45, 7) is 3.60. The molecule has 0 unspecified atom stereocenters. The van der Waals surface area contributed by atoms with Crippen LogP contribution in [-0.2, 0) is 11.2 Å². The molecule has 1 saturated heterocycles. The zero-order chi connectivity index (χ0) is 10.8. The average Bonchev–Trinajstić information content (AvgIpc) is 2.48. The van der Waals surface area contributed by atoms with Crippen LogP contribution < -0.4 is 5.32 Å². The highest BCUT2D eigenvalue weighted by Gasteiger charge is 2.25. The summed E-state index contributed by atoms with van der Waals surface area (Å²) in [5.41, 5.74) is 0.705. The van der Waals surface area contributed by atoms with Crippen molar-refractivity contribution in [3.63, 3.8) is 0 Å². The predicted octanol–water partition coefficient (Wildman–Crippen LogP) is -0.0443. The van der Waals surface area contributed by atoms with Gasteiger partial charge in [0.2, 0.25) is 5.91 Å². The van der Waals surface area contributed by atoms with Crippen LogP contribution in [0, 0.1) is 6.92 Å². The molecule has 1 aliphatic heterocycles. The number of rotatable bonds is 3. The first-order valence-electron chi connectivity index (χ1n) is 5.05. The molecule has 82 valence electrons. The highest BCUT2D eigenvalue weighted by molar-refractivity contribution is 5.78. The molecule has 15 heavy (non-hydrogen) atoms. The standard InChI is InChI=1S/C10H15N3O2/c1-7-3-8(12-15-7)4-10(14)13(2)9-5-11-6-9/h3,9,11H,4-6H2,1-2H3. The Morgan fingerprint density at radius 1 is 1.73 bits per heavy atom. The summed E-state index contributed by atoms with van der Waals surface area (Å²) in [6.07, 6.45) is 0.324. The van der Waals surface area contributed by atoms with Gasteiger partial charge in [0.05, 0.1) is 18.2 Å². The maximum Gasteiger partial charge on any atom is 0.228 e. The third kappa shape index (κ3) is 2.18. The smallest absolute Gasteiger partial charge is 0.228 e. The van der Waals surface area contributed by atoms with E-state index in [1.54, 1.807) is 11.0 Å². The normalized spacial score (nSPS) is 16.1. The number of hydrogen-bond donors (Lipinski definition) is 1. The minimum absolute atomic E-state index is 0.0924. The Morgan fingerprint density at radius 3 is 2.93 bits per heavy atom. The molecule has 1 aromatic rings. The summed E-state index contributed by atoms with van der Waals surface area (Å²) in [6, 6.07) is 2.13. The Kier molecular flexibility index (Phi) is 2.73. The quantitative estimate of drug-likeness (QED) is 0.758. The predicted molar refractivity (Wildman–Crippen MR) is 54.4 cm³/mol. The number of carbonyl (C=O) groups is 1. The van der Waals surface area contributed by atoms with Gasteiger partial charge >= 0.3 is 0 Å². The van der Waals surface area contributed by atoms with Crippen LogP contribution >= 0.6 is 0 Å². The van der Waals surface area contributed by atoms with E-state index in [0.29, 0.717) is 18.2 Å². The lowest BCUT2D eigenvalue weighted by Gasteiger charge is -2.35. The van der Waals surface area contributed by atoms with E-state index in [9.17, 15) is 4.79 Å². The maximum absolute atomic E-state index is 11.8. The molecule has 1 N–H and O–H groups in total. The van der Waals surface area contributed by atoms with Crippen molar-refractivity contribution in [3.05, 3.63) is 17.5 Å². The molecule has 0 saturated carbocycles. The van der Waals surface area contributed by atoms with Crippen LogP contribution in [0.3, 0.4) is 0 Å². The van der Waals surface area contributed by atoms with E-state index in [-0.39, 0.29) is 5.91 Å². The molecule has 0 spiro atoms. The van der Waals surface area contributed by atoms with Crippen molar-refractivity contribution >= 4 is 5.91 Å². The number of amides is 1. The number of nitrogens with one attached hydrogen (secondary N) is 1. The van der Waals surface area contributed by atoms with Crippen molar-refractivity contribution in [2.24, 2.45) is 0 Å². The van der Waals surface area contributed by atoms with Crippen LogP contribution in [0.1, 0.15) is 11.5 Å². The van der Waals surface area contributed by atoms with Gasteiger partial charge in [0, 0.05) is 26.2 Å². The summed E-state index contributed by atoms with van der Waals surface area (Å²) in [5, 5.41) is 6.94. The number of aryl methyl sites for hydroxylation is 1. The molecule has 2 heterocycles. The van der Waals surface area contributed by atoms with E-state index in [2.05, 4.69) is 10.5 Å². The van der Waals surface area contributed by atoms with E-state index < -0.39 is 0 Å². The summed E-state index contributed by atoms with van der Waals surface area (Å²) in [7, 11) is 1.83. The van der Waals surface area contributed by atoms with Gasteiger partial charge in [0.15, 0.2) is 0 Å². The van der Waals surface area contributed by atoms with Gasteiger partial charge in [-0.25, -0.2) is 0 Å². The zero-order valence-electron chi connectivity index (χ0n) is 8.99. The lowest BCUT2D eigenvalue weighted by molar-refractivity contribution is -0.132. The Labute approximate surface area is 88.4 Å². The Hall–Kier alpha value is -1.36. The second-order valence-electron chi connectivity index (χ2n) is 3.92. The lowest BCUT2D eigenvalue weighted by atomic mass is 10.1. The molecule has 1 fully saturated rings. The number of likely N-dealkylation sites (N-methyl/N-ethyl adjacent to an activating group) is 1. The molecule has 0 atom stereocenters. The number of aromatic nitrogens is 1. The van der Waals surface area contributed by atoms with Crippen molar-refractivity contribution in [3.8, 4) is 0 Å². The van der Waals surface area contributed by atoms with Gasteiger partial charge in [-0.2, -0.15) is 0 Å². The van der Waals surface area contributed by atoms with Gasteiger partial charge in [-0.15, -0.1) is 0 Å². The molecule has 0 bridgehead atoms. The summed E-state index contributed by atoms with van der Waals surface area (Å²) < 4.78 is 4.91. The number of carbonyl (C=O) groups excluding carboxylic acids is 1. The van der Waals surface area contributed by atoms with Crippen LogP contribution in [0.5, 0.6) is 0 Å². The van der Waals surface area contributed by atoms with Crippen molar-refractivity contribution in [1.29, 1.82) is 0 Å². The molecule has 5 nitrogen and oxygen atoms in total. The monoisotopic (exact) mass is 209 g/mol. The molecular weight excluding hydrogens is 194 g/mol. The fraction of sp³-hybridized carbons (Fsp3) is 0.600. The van der Waals surface area contributed by atoms with Crippen LogP contribution in [0.25, 0.3) is 0 Å². The highest BCUT2D eigenvalue weighted by Crippen LogP contribution is 2.07. The average molecular weight is 209 g/mol. The largest absolute Gasteiger partial charge is 0.361 e. The van der Waals surface area contributed by atoms with Crippen molar-refractivity contribution in [2.75, 3.05) is 20.1 Å². The summed E-state index contributed by atoms with van der Waals surface area (Å²) in [5.74, 6) is 0.834. The van der Waals surface area contributed by atoms with E-state index in [4.69, 9.17) is 4.52 Å². The van der Waals surface area contributed by atoms with Crippen molar-refractivity contribution in [2.45, 2.75) is 19.4 Å². The Morgan fingerprint density at radius 2 is 2.47 bits per heavy atom. The van der Waals surface area contributed by atoms with Crippen LogP contribution in [0.2, 0.25) is 0 Å². The van der Waals surface area contributed by atoms with Crippen LogP contribution in [-0.4, -0.2) is 42.1 Å². The van der Waals surface area contributed by atoms with Crippen LogP contribution in [0.4, 0.5) is 0 Å². The van der Waals surface area contributed by atoms with Gasteiger partial charge < -0.3 is 14.7 Å². The van der Waals surface area contributed by atoms with E-state index in [1.165, 1.54) is 0 Å². The number of nitrogens with zero attached hydrogens (tertiary/aromatic N) is 2. The van der Waals surface area contributed by atoms with Gasteiger partial charge in [-0.1, -0.05) is 5.16 Å². The summed E-state index contributed by atoms with van der Waals surface area (Å²) >= 11 is 0. The second kappa shape index (κ2) is 4.02. The fourth-order valence-corrected chi connectivity index (χ4v) is 1.53. The molecule has 1 aromatic heterocycles. The topological polar surface area (TPSA) is 58.4 Å². The van der Waals surface area contributed by atoms with E-state index in [1.807, 2.05) is 14.0 Å². The first-order valence-corrected chi connectivity index (χ1v) is 5.05. The summed E-state index contributed by atoms with van der Waals surface area (Å²) in [4.78, 5) is 13.6. The highest BCUT2D eigenvalue weighted by atomic mass is 16.5. The Bertz CT molecular complexity index is 357. The van der Waals surface area contributed by atoms with Crippen molar-refractivity contribution < 1.29 is 9.32 Å². The lowest BCUT2D eigenvalue weighted by Crippen LogP contribution is -2.57. The molecule has 5 heteroatoms. The fourth-order valence-electron chi connectivity index (χ4n) is 1.53. The van der Waals surface area contributed by atoms with Crippen LogP contribution in [0.15, 0.2) is 10.6 Å². The first kappa shape index (κ1) is 10.2. The zero-order valence-corrected chi connectivity index (χ0v) is 8.99. The molecule has 0 radical (unpaired) electrons. The maximum atomic E-state index is 11.8. The minimum atomic E-state index is 0.0924. The van der Waals surface area contributed by atoms with E-state index in [0.717, 1.165) is 18.8 Å². The van der Waals surface area contributed by atoms with E-state index >= 15 is 0 Å². The second-order valence-corrected chi connectivity index (χ2v) is 3.92. The molecule has 0 aromatic carbocycles. The Balaban J connectivity index is 1.91. The van der Waals surface area contributed by atoms with Crippen molar-refractivity contribution in [1.82, 2.24) is 15.4 Å². The third-order valence-electron chi connectivity index (χ3n) is 2.71. The molecular formula is C10H15N3O2. The molecule has 0 aliphatic carbocycles.